The molecule has 1 aromatic heterocycles. The fourth-order valence-electron chi connectivity index (χ4n) is 2.58. The molecule has 0 atom stereocenters. The summed E-state index contributed by atoms with van der Waals surface area (Å²) in [6, 6.07) is 8.62. The van der Waals surface area contributed by atoms with Crippen molar-refractivity contribution in [2.24, 2.45) is 4.99 Å². The minimum absolute atomic E-state index is 0. The molecular weight excluding hydrogens is 471 g/mol. The summed E-state index contributed by atoms with van der Waals surface area (Å²) in [6.07, 6.45) is 0. The summed E-state index contributed by atoms with van der Waals surface area (Å²) in [4.78, 5) is 13.3. The smallest absolute Gasteiger partial charge is 0.191 e. The number of hydrogen-bond acceptors (Lipinski definition) is 5. The second kappa shape index (κ2) is 12.0. The Morgan fingerprint density at radius 2 is 2.04 bits per heavy atom. The molecule has 8 heteroatoms. The molecule has 0 unspecified atom stereocenters. The summed E-state index contributed by atoms with van der Waals surface area (Å²) >= 11 is 1.65. The first-order valence-corrected chi connectivity index (χ1v) is 9.79. The van der Waals surface area contributed by atoms with Gasteiger partial charge >= 0.3 is 0 Å². The van der Waals surface area contributed by atoms with Gasteiger partial charge < -0.3 is 20.4 Å². The number of aromatic nitrogens is 1. The van der Waals surface area contributed by atoms with Gasteiger partial charge in [-0.2, -0.15) is 0 Å². The Morgan fingerprint density at radius 3 is 2.63 bits per heavy atom. The van der Waals surface area contributed by atoms with Crippen LogP contribution in [0.1, 0.15) is 18.2 Å². The average molecular weight is 502 g/mol. The molecule has 0 spiro atoms. The number of rotatable bonds is 8. The van der Waals surface area contributed by atoms with Crippen molar-refractivity contribution in [1.82, 2.24) is 15.6 Å². The molecule has 0 aliphatic heterocycles. The number of nitrogens with zero attached hydrogens (tertiary/aromatic N) is 4. The zero-order chi connectivity index (χ0) is 18.9. The highest BCUT2D eigenvalue weighted by Gasteiger charge is 2.07. The lowest BCUT2D eigenvalue weighted by molar-refractivity contribution is 0.747. The number of halogens is 1. The Bertz CT molecular complexity index is 716. The number of guanidine groups is 1. The maximum atomic E-state index is 4.58. The lowest BCUT2D eigenvalue weighted by Gasteiger charge is -2.24. The summed E-state index contributed by atoms with van der Waals surface area (Å²) in [7, 11) is 5.80. The van der Waals surface area contributed by atoms with E-state index in [1.165, 1.54) is 11.3 Å². The molecular formula is C19H31IN6S. The van der Waals surface area contributed by atoms with E-state index in [2.05, 4.69) is 69.0 Å². The average Bonchev–Trinajstić information content (AvgIpc) is 3.10. The van der Waals surface area contributed by atoms with Crippen molar-refractivity contribution in [3.8, 4) is 0 Å². The highest BCUT2D eigenvalue weighted by atomic mass is 127. The van der Waals surface area contributed by atoms with Crippen LogP contribution in [0.25, 0.3) is 0 Å². The number of aliphatic imine (C=N–C) groups is 1. The zero-order valence-corrected chi connectivity index (χ0v) is 20.0. The first-order chi connectivity index (χ1) is 12.5. The van der Waals surface area contributed by atoms with Crippen LogP contribution in [0, 0.1) is 6.92 Å². The maximum absolute atomic E-state index is 4.58. The fraction of sp³-hybridized carbons (Fsp3) is 0.474. The predicted octanol–water partition coefficient (Wildman–Crippen LogP) is 3.33. The molecule has 0 radical (unpaired) electrons. The molecule has 0 amide bonds. The van der Waals surface area contributed by atoms with E-state index < -0.39 is 0 Å². The van der Waals surface area contributed by atoms with Crippen molar-refractivity contribution in [1.29, 1.82) is 0 Å². The van der Waals surface area contributed by atoms with E-state index in [1.54, 1.807) is 18.4 Å². The first-order valence-electron chi connectivity index (χ1n) is 8.91. The van der Waals surface area contributed by atoms with E-state index in [-0.39, 0.29) is 24.0 Å². The summed E-state index contributed by atoms with van der Waals surface area (Å²) in [6.45, 7) is 7.69. The molecule has 2 aromatic rings. The molecule has 1 heterocycles. The highest BCUT2D eigenvalue weighted by molar-refractivity contribution is 14.0. The molecule has 2 rings (SSSR count). The standard InChI is InChI=1S/C19H30N6S.HI/c1-6-25(17-9-7-8-15(2)12-17)11-10-21-18(20-3)22-13-16-14-26-19(23-16)24(4)5;/h7-9,12,14H,6,10-11,13H2,1-5H3,(H2,20,21,22);1H. The molecule has 1 aromatic carbocycles. The van der Waals surface area contributed by atoms with Crippen LogP contribution < -0.4 is 20.4 Å². The van der Waals surface area contributed by atoms with Crippen LogP contribution in [-0.2, 0) is 6.54 Å². The third-order valence-electron chi connectivity index (χ3n) is 4.01. The van der Waals surface area contributed by atoms with Gasteiger partial charge in [0, 0.05) is 51.8 Å². The molecule has 0 bridgehead atoms. The molecule has 150 valence electrons. The molecule has 2 N–H and O–H groups in total. The van der Waals surface area contributed by atoms with Crippen LogP contribution in [0.4, 0.5) is 10.8 Å². The van der Waals surface area contributed by atoms with Gasteiger partial charge in [-0.1, -0.05) is 12.1 Å². The van der Waals surface area contributed by atoms with Crippen molar-refractivity contribution < 1.29 is 0 Å². The Hall–Kier alpha value is -1.55. The van der Waals surface area contributed by atoms with Gasteiger partial charge in [-0.05, 0) is 31.5 Å². The van der Waals surface area contributed by atoms with Crippen LogP contribution in [0.3, 0.4) is 0 Å². The van der Waals surface area contributed by atoms with Crippen molar-refractivity contribution >= 4 is 52.1 Å². The first kappa shape index (κ1) is 23.5. The second-order valence-electron chi connectivity index (χ2n) is 6.29. The molecule has 0 saturated heterocycles. The van der Waals surface area contributed by atoms with E-state index in [9.17, 15) is 0 Å². The van der Waals surface area contributed by atoms with Crippen LogP contribution in [0.15, 0.2) is 34.6 Å². The monoisotopic (exact) mass is 502 g/mol. The molecule has 0 aliphatic rings. The van der Waals surface area contributed by atoms with Gasteiger partial charge in [0.1, 0.15) is 0 Å². The van der Waals surface area contributed by atoms with Crippen LogP contribution in [0.2, 0.25) is 0 Å². The van der Waals surface area contributed by atoms with Gasteiger partial charge in [-0.15, -0.1) is 35.3 Å². The van der Waals surface area contributed by atoms with Crippen molar-refractivity contribution in [2.45, 2.75) is 20.4 Å². The van der Waals surface area contributed by atoms with E-state index >= 15 is 0 Å². The Kier molecular flexibility index (Phi) is 10.5. The van der Waals surface area contributed by atoms with E-state index in [0.717, 1.165) is 36.4 Å². The molecule has 0 fully saturated rings. The van der Waals surface area contributed by atoms with E-state index in [1.807, 2.05) is 19.0 Å². The summed E-state index contributed by atoms with van der Waals surface area (Å²) in [5.74, 6) is 0.796. The van der Waals surface area contributed by atoms with Crippen molar-refractivity contribution in [3.63, 3.8) is 0 Å². The number of likely N-dealkylation sites (N-methyl/N-ethyl adjacent to an activating group) is 1. The Morgan fingerprint density at radius 1 is 1.26 bits per heavy atom. The van der Waals surface area contributed by atoms with Crippen LogP contribution in [-0.4, -0.2) is 51.7 Å². The third kappa shape index (κ3) is 7.53. The largest absolute Gasteiger partial charge is 0.370 e. The maximum Gasteiger partial charge on any atom is 0.191 e. The fourth-order valence-corrected chi connectivity index (χ4v) is 3.34. The van der Waals surface area contributed by atoms with Crippen LogP contribution in [0.5, 0.6) is 0 Å². The number of aryl methyl sites for hydroxylation is 1. The number of thiazole rings is 1. The lowest BCUT2D eigenvalue weighted by Crippen LogP contribution is -2.41. The van der Waals surface area contributed by atoms with Gasteiger partial charge in [0.05, 0.1) is 12.2 Å². The van der Waals surface area contributed by atoms with Gasteiger partial charge in [0.15, 0.2) is 11.1 Å². The quantitative estimate of drug-likeness (QED) is 0.330. The summed E-state index contributed by atoms with van der Waals surface area (Å²) in [5, 5.41) is 9.80. The normalized spacial score (nSPS) is 10.9. The van der Waals surface area contributed by atoms with E-state index in [4.69, 9.17) is 0 Å². The second-order valence-corrected chi connectivity index (χ2v) is 7.12. The number of anilines is 2. The SMILES string of the molecule is CCN(CCNC(=NC)NCc1csc(N(C)C)n1)c1cccc(C)c1.I. The number of hydrogen-bond donors (Lipinski definition) is 2. The van der Waals surface area contributed by atoms with Crippen molar-refractivity contribution in [3.05, 3.63) is 40.9 Å². The van der Waals surface area contributed by atoms with E-state index in [0.29, 0.717) is 6.54 Å². The number of nitrogens with one attached hydrogen (secondary N) is 2. The predicted molar refractivity (Wildman–Crippen MR) is 129 cm³/mol. The van der Waals surface area contributed by atoms with Crippen molar-refractivity contribution in [2.75, 3.05) is 50.6 Å². The third-order valence-corrected chi connectivity index (χ3v) is 5.06. The molecule has 27 heavy (non-hydrogen) atoms. The highest BCUT2D eigenvalue weighted by Crippen LogP contribution is 2.17. The molecule has 6 nitrogen and oxygen atoms in total. The molecule has 0 saturated carbocycles. The minimum atomic E-state index is 0. The van der Waals surface area contributed by atoms with Gasteiger partial charge in [0.2, 0.25) is 0 Å². The Labute approximate surface area is 184 Å². The van der Waals surface area contributed by atoms with Crippen LogP contribution >= 0.6 is 35.3 Å². The minimum Gasteiger partial charge on any atom is -0.370 e. The topological polar surface area (TPSA) is 55.8 Å². The van der Waals surface area contributed by atoms with Gasteiger partial charge in [0.25, 0.3) is 0 Å². The summed E-state index contributed by atoms with van der Waals surface area (Å²) < 4.78 is 0. The number of benzene rings is 1. The van der Waals surface area contributed by atoms with Gasteiger partial charge in [-0.25, -0.2) is 4.98 Å². The molecule has 0 aliphatic carbocycles. The van der Waals surface area contributed by atoms with Gasteiger partial charge in [-0.3, -0.25) is 4.99 Å². The summed E-state index contributed by atoms with van der Waals surface area (Å²) in [5.41, 5.74) is 3.57. The Balaban J connectivity index is 0.00000364. The lowest BCUT2D eigenvalue weighted by atomic mass is 10.2. The zero-order valence-electron chi connectivity index (χ0n) is 16.8.